The Balaban J connectivity index is 1.09. The van der Waals surface area contributed by atoms with Gasteiger partial charge in [-0.05, 0) is 79.3 Å². The van der Waals surface area contributed by atoms with Gasteiger partial charge in [0.2, 0.25) is 0 Å². The van der Waals surface area contributed by atoms with E-state index in [0.717, 1.165) is 39.2 Å². The van der Waals surface area contributed by atoms with Crippen molar-refractivity contribution in [3.8, 4) is 56.2 Å². The maximum atomic E-state index is 5.35. The Morgan fingerprint density at radius 1 is 0.377 bits per heavy atom. The number of rotatable bonds is 5. The average Bonchev–Trinajstić information content (AvgIpc) is 3.61. The van der Waals surface area contributed by atoms with Crippen molar-refractivity contribution < 1.29 is 0 Å². The maximum Gasteiger partial charge on any atom is 0.161 e. The van der Waals surface area contributed by atoms with E-state index >= 15 is 0 Å². The number of hydrogen-bond acceptors (Lipinski definition) is 4. The summed E-state index contributed by atoms with van der Waals surface area (Å²) in [7, 11) is 0. The molecule has 0 aliphatic carbocycles. The number of hydrogen-bond donors (Lipinski definition) is 0. The van der Waals surface area contributed by atoms with E-state index in [1.807, 2.05) is 23.6 Å². The molecule has 0 fully saturated rings. The molecule has 8 aromatic carbocycles. The summed E-state index contributed by atoms with van der Waals surface area (Å²) in [6.45, 7) is 0. The number of thiophene rings is 1. The molecule has 0 amide bonds. The summed E-state index contributed by atoms with van der Waals surface area (Å²) in [5, 5.41) is 10.1. The Kier molecular flexibility index (Phi) is 6.73. The second-order valence-electron chi connectivity index (χ2n) is 13.6. The number of nitrogens with zero attached hydrogens (tertiary/aromatic N) is 3. The van der Waals surface area contributed by atoms with Gasteiger partial charge < -0.3 is 0 Å². The van der Waals surface area contributed by atoms with E-state index in [0.29, 0.717) is 5.82 Å². The third kappa shape index (κ3) is 4.91. The van der Waals surface area contributed by atoms with Crippen LogP contribution in [-0.4, -0.2) is 15.0 Å². The van der Waals surface area contributed by atoms with E-state index in [-0.39, 0.29) is 0 Å². The van der Waals surface area contributed by atoms with Crippen LogP contribution in [0.1, 0.15) is 0 Å². The zero-order valence-electron chi connectivity index (χ0n) is 28.5. The van der Waals surface area contributed by atoms with Crippen LogP contribution in [0, 0.1) is 0 Å². The molecule has 3 heterocycles. The Labute approximate surface area is 309 Å². The van der Waals surface area contributed by atoms with Gasteiger partial charge in [-0.2, -0.15) is 0 Å². The summed E-state index contributed by atoms with van der Waals surface area (Å²) in [6.07, 6.45) is 3.71. The molecule has 0 spiro atoms. The molecule has 53 heavy (non-hydrogen) atoms. The average molecular weight is 692 g/mol. The summed E-state index contributed by atoms with van der Waals surface area (Å²) in [5.41, 5.74) is 9.32. The summed E-state index contributed by atoms with van der Waals surface area (Å²) in [6, 6.07) is 58.8. The van der Waals surface area contributed by atoms with Crippen LogP contribution < -0.4 is 0 Å². The van der Waals surface area contributed by atoms with Crippen LogP contribution in [0.15, 0.2) is 176 Å². The molecule has 0 N–H and O–H groups in total. The fourth-order valence-corrected chi connectivity index (χ4v) is 9.09. The van der Waals surface area contributed by atoms with E-state index in [1.54, 1.807) is 6.20 Å². The molecule has 0 unspecified atom stereocenters. The first-order chi connectivity index (χ1) is 26.2. The van der Waals surface area contributed by atoms with Gasteiger partial charge in [-0.1, -0.05) is 133 Å². The van der Waals surface area contributed by atoms with Crippen molar-refractivity contribution in [1.29, 1.82) is 0 Å². The van der Waals surface area contributed by atoms with Crippen molar-refractivity contribution in [2.75, 3.05) is 0 Å². The molecule has 0 saturated heterocycles. The minimum absolute atomic E-state index is 0.682. The van der Waals surface area contributed by atoms with Gasteiger partial charge in [0.15, 0.2) is 5.82 Å². The van der Waals surface area contributed by atoms with Crippen molar-refractivity contribution >= 4 is 63.8 Å². The Morgan fingerprint density at radius 3 is 1.92 bits per heavy atom. The molecule has 0 saturated carbocycles. The second-order valence-corrected chi connectivity index (χ2v) is 14.7. The molecule has 0 radical (unpaired) electrons. The van der Waals surface area contributed by atoms with Gasteiger partial charge in [0.05, 0.1) is 11.4 Å². The number of pyridine rings is 1. The molecule has 3 nitrogen and oxygen atoms in total. The minimum atomic E-state index is 0.682. The lowest BCUT2D eigenvalue weighted by atomic mass is 9.91. The lowest BCUT2D eigenvalue weighted by Gasteiger charge is -2.16. The highest BCUT2D eigenvalue weighted by Crippen LogP contribution is 2.41. The van der Waals surface area contributed by atoms with Crippen LogP contribution in [-0.2, 0) is 0 Å². The van der Waals surface area contributed by atoms with Gasteiger partial charge in [-0.3, -0.25) is 4.98 Å². The van der Waals surface area contributed by atoms with Crippen molar-refractivity contribution in [2.24, 2.45) is 0 Å². The van der Waals surface area contributed by atoms with Crippen LogP contribution in [0.2, 0.25) is 0 Å². The van der Waals surface area contributed by atoms with Crippen LogP contribution in [0.5, 0.6) is 0 Å². The summed E-state index contributed by atoms with van der Waals surface area (Å²) in [4.78, 5) is 15.1. The first kappa shape index (κ1) is 29.9. The first-order valence-electron chi connectivity index (χ1n) is 17.8. The molecular formula is C49H29N3S. The first-order valence-corrected chi connectivity index (χ1v) is 18.6. The van der Waals surface area contributed by atoms with E-state index in [1.165, 1.54) is 63.6 Å². The molecule has 11 rings (SSSR count). The van der Waals surface area contributed by atoms with Crippen LogP contribution in [0.4, 0.5) is 0 Å². The Morgan fingerprint density at radius 2 is 1.08 bits per heavy atom. The molecule has 0 aliphatic rings. The van der Waals surface area contributed by atoms with E-state index in [4.69, 9.17) is 9.97 Å². The maximum absolute atomic E-state index is 5.35. The van der Waals surface area contributed by atoms with Gasteiger partial charge in [0.1, 0.15) is 0 Å². The standard InChI is InChI=1S/C49H29N3S/c1-2-12-41(37(10-1)36-9-6-26-50-29-36)49-51-43(31-16-14-30(15-17-31)35-22-25-46-42(27-35)39-11-3-4-13-45(39)53-46)28-44(52-49)38-23-20-34-19-18-32-7-5-8-33-21-24-40(38)48(34)47(32)33/h1-29H. The highest BCUT2D eigenvalue weighted by molar-refractivity contribution is 7.25. The van der Waals surface area contributed by atoms with Crippen LogP contribution in [0.25, 0.3) is 109 Å². The van der Waals surface area contributed by atoms with E-state index in [2.05, 4.69) is 163 Å². The van der Waals surface area contributed by atoms with Gasteiger partial charge in [-0.25, -0.2) is 9.97 Å². The van der Waals surface area contributed by atoms with E-state index in [9.17, 15) is 0 Å². The summed E-state index contributed by atoms with van der Waals surface area (Å²) < 4.78 is 2.63. The topological polar surface area (TPSA) is 38.7 Å². The van der Waals surface area contributed by atoms with Crippen molar-refractivity contribution in [1.82, 2.24) is 15.0 Å². The van der Waals surface area contributed by atoms with Crippen molar-refractivity contribution in [2.45, 2.75) is 0 Å². The molecular weight excluding hydrogens is 663 g/mol. The quantitative estimate of drug-likeness (QED) is 0.169. The molecule has 3 aromatic heterocycles. The zero-order valence-corrected chi connectivity index (χ0v) is 29.3. The third-order valence-electron chi connectivity index (χ3n) is 10.6. The Bertz CT molecular complexity index is 3150. The van der Waals surface area contributed by atoms with Gasteiger partial charge in [0, 0.05) is 54.8 Å². The van der Waals surface area contributed by atoms with Gasteiger partial charge in [0.25, 0.3) is 0 Å². The SMILES string of the molecule is c1cncc(-c2ccccc2-c2nc(-c3ccc(-c4ccc5sc6ccccc6c5c4)cc3)cc(-c3ccc4ccc5cccc6ccc3c4c56)n2)c1. The highest BCUT2D eigenvalue weighted by atomic mass is 32.1. The predicted octanol–water partition coefficient (Wildman–Crippen LogP) is 13.5. The Hall–Kier alpha value is -6.75. The number of aromatic nitrogens is 3. The fraction of sp³-hybridized carbons (Fsp3) is 0. The molecule has 4 heteroatoms. The van der Waals surface area contributed by atoms with Gasteiger partial charge in [-0.15, -0.1) is 11.3 Å². The van der Waals surface area contributed by atoms with Crippen LogP contribution >= 0.6 is 11.3 Å². The summed E-state index contributed by atoms with van der Waals surface area (Å²) in [5.74, 6) is 0.682. The van der Waals surface area contributed by atoms with Crippen molar-refractivity contribution in [3.05, 3.63) is 176 Å². The molecule has 0 bridgehead atoms. The number of benzene rings is 8. The smallest absolute Gasteiger partial charge is 0.161 e. The lowest BCUT2D eigenvalue weighted by molar-refractivity contribution is 1.18. The lowest BCUT2D eigenvalue weighted by Crippen LogP contribution is -1.98. The second kappa shape index (κ2) is 11.9. The highest BCUT2D eigenvalue weighted by Gasteiger charge is 2.18. The van der Waals surface area contributed by atoms with Crippen molar-refractivity contribution in [3.63, 3.8) is 0 Å². The molecule has 246 valence electrons. The predicted molar refractivity (Wildman–Crippen MR) is 224 cm³/mol. The molecule has 11 aromatic rings. The number of fused-ring (bicyclic) bond motifs is 3. The van der Waals surface area contributed by atoms with Crippen LogP contribution in [0.3, 0.4) is 0 Å². The third-order valence-corrected chi connectivity index (χ3v) is 11.7. The molecule has 0 aliphatic heterocycles. The van der Waals surface area contributed by atoms with Gasteiger partial charge >= 0.3 is 0 Å². The summed E-state index contributed by atoms with van der Waals surface area (Å²) >= 11 is 1.85. The monoisotopic (exact) mass is 691 g/mol. The zero-order chi connectivity index (χ0) is 34.9. The fourth-order valence-electron chi connectivity index (χ4n) is 8.00. The largest absolute Gasteiger partial charge is 0.264 e. The normalized spacial score (nSPS) is 11.8. The minimum Gasteiger partial charge on any atom is -0.264 e. The van der Waals surface area contributed by atoms with E-state index < -0.39 is 0 Å². The molecule has 0 atom stereocenters.